The first kappa shape index (κ1) is 32.6. The zero-order valence-corrected chi connectivity index (χ0v) is 30.4. The molecule has 9 aromatic carbocycles. The van der Waals surface area contributed by atoms with E-state index < -0.39 is 0 Å². The van der Waals surface area contributed by atoms with E-state index in [1.807, 2.05) is 6.07 Å². The van der Waals surface area contributed by atoms with E-state index in [0.29, 0.717) is 0 Å². The van der Waals surface area contributed by atoms with Gasteiger partial charge in [-0.3, -0.25) is 4.99 Å². The molecule has 0 N–H and O–H groups in total. The third kappa shape index (κ3) is 5.97. The summed E-state index contributed by atoms with van der Waals surface area (Å²) < 4.78 is 0. The summed E-state index contributed by atoms with van der Waals surface area (Å²) in [6, 6.07) is 71.9. The third-order valence-electron chi connectivity index (χ3n) is 11.1. The molecule has 1 unspecified atom stereocenters. The Balaban J connectivity index is 0.903. The van der Waals surface area contributed by atoms with Crippen LogP contribution in [0.1, 0.15) is 22.7 Å². The Hall–Kier alpha value is -7.09. The van der Waals surface area contributed by atoms with Crippen LogP contribution in [0.4, 0.5) is 0 Å². The third-order valence-corrected chi connectivity index (χ3v) is 11.1. The monoisotopic (exact) mass is 699 g/mol. The Labute approximate surface area is 321 Å². The average molecular weight is 700 g/mol. The first-order valence-corrected chi connectivity index (χ1v) is 18.9. The number of fused-ring (bicyclic) bond motifs is 6. The maximum Gasteiger partial charge on any atom is 0.101 e. The number of hydrogen-bond acceptors (Lipinski definition) is 1. The number of allylic oxidation sites excluding steroid dienone is 1. The maximum absolute atomic E-state index is 5.23. The van der Waals surface area contributed by atoms with Crippen LogP contribution in [0.15, 0.2) is 223 Å². The second-order valence-corrected chi connectivity index (χ2v) is 14.4. The normalized spacial score (nSPS) is 14.3. The zero-order valence-electron chi connectivity index (χ0n) is 30.4. The van der Waals surface area contributed by atoms with Crippen LogP contribution in [0, 0.1) is 0 Å². The molecule has 0 amide bonds. The number of dihydropyridines is 1. The predicted octanol–water partition coefficient (Wildman–Crippen LogP) is 14.3. The van der Waals surface area contributed by atoms with Crippen LogP contribution in [0.25, 0.3) is 71.3 Å². The largest absolute Gasteiger partial charge is 0.272 e. The Bertz CT molecular complexity index is 2900. The molecule has 258 valence electrons. The summed E-state index contributed by atoms with van der Waals surface area (Å²) in [5.41, 5.74) is 13.7. The molecule has 1 aliphatic heterocycles. The van der Waals surface area contributed by atoms with Gasteiger partial charge in [0.2, 0.25) is 0 Å². The van der Waals surface area contributed by atoms with E-state index in [4.69, 9.17) is 4.99 Å². The molecule has 0 aromatic heterocycles. The van der Waals surface area contributed by atoms with E-state index >= 15 is 0 Å². The van der Waals surface area contributed by atoms with Crippen molar-refractivity contribution in [2.24, 2.45) is 4.99 Å². The highest BCUT2D eigenvalue weighted by atomic mass is 14.8. The number of hydrogen-bond donors (Lipinski definition) is 0. The van der Waals surface area contributed by atoms with E-state index in [1.54, 1.807) is 0 Å². The first-order chi connectivity index (χ1) is 27.2. The molecule has 0 radical (unpaired) electrons. The van der Waals surface area contributed by atoms with Gasteiger partial charge in [0.1, 0.15) is 6.04 Å². The van der Waals surface area contributed by atoms with Crippen LogP contribution in [-0.2, 0) is 0 Å². The highest BCUT2D eigenvalue weighted by Gasteiger charge is 2.24. The maximum atomic E-state index is 5.23. The predicted molar refractivity (Wildman–Crippen MR) is 235 cm³/mol. The van der Waals surface area contributed by atoms with Crippen molar-refractivity contribution in [3.05, 3.63) is 235 Å². The van der Waals surface area contributed by atoms with E-state index in [9.17, 15) is 0 Å². The zero-order chi connectivity index (χ0) is 36.7. The van der Waals surface area contributed by atoms with Crippen LogP contribution >= 0.6 is 0 Å². The van der Waals surface area contributed by atoms with Gasteiger partial charge in [0.05, 0.1) is 5.71 Å². The second kappa shape index (κ2) is 13.7. The standard InChI is InChI=1S/C54H37N/c1-36-51(42-12-4-2-5-13-42)35-53(43-14-6-3-7-15-43)55-54(36)44-30-28-40(29-31-44)38-22-20-37(21-23-38)39-24-26-41(27-25-39)45-32-33-50-48-18-9-8-16-46(48)47-17-10-11-19-49(47)52(50)34-45/h2-35,54H,1H2. The number of aliphatic imine (C=N–C) groups is 1. The Morgan fingerprint density at radius 1 is 0.327 bits per heavy atom. The molecule has 1 heteroatoms. The van der Waals surface area contributed by atoms with E-state index in [0.717, 1.165) is 33.5 Å². The Kier molecular flexibility index (Phi) is 8.12. The van der Waals surface area contributed by atoms with Gasteiger partial charge in [-0.2, -0.15) is 0 Å². The van der Waals surface area contributed by atoms with Gasteiger partial charge in [-0.15, -0.1) is 0 Å². The summed E-state index contributed by atoms with van der Waals surface area (Å²) in [4.78, 5) is 5.23. The summed E-state index contributed by atoms with van der Waals surface area (Å²) in [6.07, 6.45) is 2.18. The van der Waals surface area contributed by atoms with Gasteiger partial charge in [0.25, 0.3) is 0 Å². The minimum Gasteiger partial charge on any atom is -0.272 e. The van der Waals surface area contributed by atoms with Crippen molar-refractivity contribution in [3.8, 4) is 33.4 Å². The summed E-state index contributed by atoms with van der Waals surface area (Å²) in [6.45, 7) is 4.56. The van der Waals surface area contributed by atoms with Crippen molar-refractivity contribution in [3.63, 3.8) is 0 Å². The van der Waals surface area contributed by atoms with Crippen molar-refractivity contribution in [2.75, 3.05) is 0 Å². The molecule has 1 heterocycles. The summed E-state index contributed by atoms with van der Waals surface area (Å²) in [7, 11) is 0. The number of rotatable bonds is 6. The fourth-order valence-electron chi connectivity index (χ4n) is 8.22. The van der Waals surface area contributed by atoms with Crippen molar-refractivity contribution < 1.29 is 0 Å². The molecule has 0 aliphatic carbocycles. The van der Waals surface area contributed by atoms with Gasteiger partial charge in [0, 0.05) is 0 Å². The molecule has 10 rings (SSSR count). The van der Waals surface area contributed by atoms with Gasteiger partial charge < -0.3 is 0 Å². The van der Waals surface area contributed by atoms with Crippen molar-refractivity contribution >= 4 is 43.6 Å². The molecule has 0 spiro atoms. The lowest BCUT2D eigenvalue weighted by atomic mass is 9.85. The van der Waals surface area contributed by atoms with Crippen molar-refractivity contribution in [2.45, 2.75) is 6.04 Å². The van der Waals surface area contributed by atoms with Crippen molar-refractivity contribution in [1.29, 1.82) is 0 Å². The second-order valence-electron chi connectivity index (χ2n) is 14.4. The molecule has 0 fully saturated rings. The SMILES string of the molecule is C=C1C(c2ccccc2)=CC(c2ccccc2)=NC1c1ccc(-c2ccc(-c3ccc(-c4ccc5c6ccccc6c6ccccc6c5c4)cc3)cc2)cc1. The minimum absolute atomic E-state index is 0.163. The Morgan fingerprint density at radius 3 is 1.22 bits per heavy atom. The van der Waals surface area contributed by atoms with Crippen LogP contribution in [0.2, 0.25) is 0 Å². The summed E-state index contributed by atoms with van der Waals surface area (Å²) >= 11 is 0. The fourth-order valence-corrected chi connectivity index (χ4v) is 8.22. The van der Waals surface area contributed by atoms with Gasteiger partial charge >= 0.3 is 0 Å². The van der Waals surface area contributed by atoms with Gasteiger partial charge in [-0.1, -0.05) is 201 Å². The lowest BCUT2D eigenvalue weighted by Crippen LogP contribution is -2.12. The molecule has 0 bridgehead atoms. The smallest absolute Gasteiger partial charge is 0.101 e. The molecular formula is C54H37N. The lowest BCUT2D eigenvalue weighted by Gasteiger charge is -2.25. The first-order valence-electron chi connectivity index (χ1n) is 18.9. The highest BCUT2D eigenvalue weighted by Crippen LogP contribution is 2.40. The molecule has 1 nitrogen and oxygen atoms in total. The van der Waals surface area contributed by atoms with Gasteiger partial charge in [-0.25, -0.2) is 0 Å². The van der Waals surface area contributed by atoms with Crippen LogP contribution < -0.4 is 0 Å². The van der Waals surface area contributed by atoms with Crippen LogP contribution in [0.5, 0.6) is 0 Å². The van der Waals surface area contributed by atoms with Gasteiger partial charge in [0.15, 0.2) is 0 Å². The lowest BCUT2D eigenvalue weighted by molar-refractivity contribution is 0.876. The molecule has 1 aliphatic rings. The Morgan fingerprint density at radius 2 is 0.709 bits per heavy atom. The topological polar surface area (TPSA) is 12.4 Å². The highest BCUT2D eigenvalue weighted by molar-refractivity contribution is 6.25. The molecule has 0 saturated heterocycles. The molecular weight excluding hydrogens is 663 g/mol. The van der Waals surface area contributed by atoms with E-state index in [2.05, 4.69) is 207 Å². The van der Waals surface area contributed by atoms with Gasteiger partial charge in [-0.05, 0) is 106 Å². The quantitative estimate of drug-likeness (QED) is 0.153. The van der Waals surface area contributed by atoms with Crippen molar-refractivity contribution in [1.82, 2.24) is 0 Å². The van der Waals surface area contributed by atoms with E-state index in [1.165, 1.54) is 65.7 Å². The molecule has 9 aromatic rings. The number of nitrogens with zero attached hydrogens (tertiary/aromatic N) is 1. The number of benzene rings is 9. The molecule has 55 heavy (non-hydrogen) atoms. The van der Waals surface area contributed by atoms with Crippen LogP contribution in [-0.4, -0.2) is 5.71 Å². The summed E-state index contributed by atoms with van der Waals surface area (Å²) in [5.74, 6) is 0. The van der Waals surface area contributed by atoms with Crippen LogP contribution in [0.3, 0.4) is 0 Å². The fraction of sp³-hybridized carbons (Fsp3) is 0.0185. The minimum atomic E-state index is -0.163. The van der Waals surface area contributed by atoms with E-state index in [-0.39, 0.29) is 6.04 Å². The average Bonchev–Trinajstić information content (AvgIpc) is 3.27. The summed E-state index contributed by atoms with van der Waals surface area (Å²) in [5, 5.41) is 7.79. The molecule has 0 saturated carbocycles. The molecule has 1 atom stereocenters.